The molecule has 0 saturated heterocycles. The number of hydrogen-bond donors (Lipinski definition) is 3. The average molecular weight is 437 g/mol. The summed E-state index contributed by atoms with van der Waals surface area (Å²) in [6.45, 7) is 5.30. The number of nitrogens with one attached hydrogen (secondary N) is 2. The van der Waals surface area contributed by atoms with Crippen molar-refractivity contribution >= 4 is 12.0 Å². The number of amides is 2. The molecule has 0 bridgehead atoms. The van der Waals surface area contributed by atoms with Crippen LogP contribution in [0.15, 0.2) is 65.5 Å². The molecule has 3 aromatic carbocycles. The predicted molar refractivity (Wildman–Crippen MR) is 121 cm³/mol. The summed E-state index contributed by atoms with van der Waals surface area (Å²) >= 11 is 0. The Labute approximate surface area is 187 Å². The van der Waals surface area contributed by atoms with Gasteiger partial charge in [0.05, 0.1) is 6.04 Å². The predicted octanol–water partition coefficient (Wildman–Crippen LogP) is 3.08. The number of carbonyl (C=O) groups is 2. The Bertz CT molecular complexity index is 1050. The lowest BCUT2D eigenvalue weighted by Gasteiger charge is -2.27. The molecule has 7 heteroatoms. The molecule has 0 aliphatic heterocycles. The van der Waals surface area contributed by atoms with Crippen LogP contribution in [0, 0.1) is 5.92 Å². The van der Waals surface area contributed by atoms with E-state index in [2.05, 4.69) is 10.6 Å². The highest BCUT2D eigenvalue weighted by atomic mass is 16.5. The van der Waals surface area contributed by atoms with Gasteiger partial charge in [0, 0.05) is 11.1 Å². The fourth-order valence-corrected chi connectivity index (χ4v) is 3.44. The van der Waals surface area contributed by atoms with Gasteiger partial charge < -0.3 is 20.5 Å². The first-order chi connectivity index (χ1) is 15.3. The molecular weight excluding hydrogens is 408 g/mol. The van der Waals surface area contributed by atoms with Crippen LogP contribution in [0.3, 0.4) is 0 Å². The van der Waals surface area contributed by atoms with Crippen molar-refractivity contribution in [1.29, 1.82) is 0 Å². The van der Waals surface area contributed by atoms with E-state index in [4.69, 9.17) is 4.74 Å². The van der Waals surface area contributed by atoms with Crippen molar-refractivity contribution in [2.45, 2.75) is 45.6 Å². The summed E-state index contributed by atoms with van der Waals surface area (Å²) in [7, 11) is 0. The zero-order chi connectivity index (χ0) is 23.3. The Hall–Kier alpha value is -3.45. The van der Waals surface area contributed by atoms with Crippen LogP contribution in [-0.2, 0) is 16.1 Å². The summed E-state index contributed by atoms with van der Waals surface area (Å²) in [4.78, 5) is 37.0. The molecule has 32 heavy (non-hydrogen) atoms. The van der Waals surface area contributed by atoms with Crippen LogP contribution in [0.25, 0.3) is 11.1 Å². The average Bonchev–Trinajstić information content (AvgIpc) is 3.47. The van der Waals surface area contributed by atoms with Crippen molar-refractivity contribution in [3.8, 4) is 11.1 Å². The van der Waals surface area contributed by atoms with Crippen molar-refractivity contribution in [1.82, 2.24) is 10.6 Å². The van der Waals surface area contributed by atoms with Crippen LogP contribution in [0.4, 0.5) is 4.79 Å². The third-order valence-electron chi connectivity index (χ3n) is 5.34. The summed E-state index contributed by atoms with van der Waals surface area (Å²) in [5.41, 5.74) is 2.20. The van der Waals surface area contributed by atoms with Crippen LogP contribution in [0.1, 0.15) is 38.0 Å². The molecule has 0 spiro atoms. The lowest BCUT2D eigenvalue weighted by Crippen LogP contribution is -2.51. The summed E-state index contributed by atoms with van der Waals surface area (Å²) in [5, 5.41) is 16.1. The lowest BCUT2D eigenvalue weighted by molar-refractivity contribution is -0.124. The molecule has 0 radical (unpaired) electrons. The molecular formula is C25H28N2O5. The molecule has 0 saturated carbocycles. The van der Waals surface area contributed by atoms with Gasteiger partial charge in [0.15, 0.2) is 5.43 Å². The Morgan fingerprint density at radius 1 is 0.938 bits per heavy atom. The lowest BCUT2D eigenvalue weighted by atomic mass is 9.95. The van der Waals surface area contributed by atoms with Gasteiger partial charge in [0.1, 0.15) is 18.8 Å². The van der Waals surface area contributed by atoms with Crippen molar-refractivity contribution in [2.24, 2.45) is 5.92 Å². The first-order valence-corrected chi connectivity index (χ1v) is 10.6. The maximum atomic E-state index is 12.7. The van der Waals surface area contributed by atoms with Crippen molar-refractivity contribution in [3.05, 3.63) is 82.0 Å². The molecule has 0 aromatic heterocycles. The topological polar surface area (TPSA) is 105 Å². The number of aliphatic hydroxyl groups is 1. The Morgan fingerprint density at radius 2 is 1.53 bits per heavy atom. The number of carbonyl (C=O) groups excluding carboxylic acids is 2. The molecule has 168 valence electrons. The monoisotopic (exact) mass is 436 g/mol. The zero-order valence-corrected chi connectivity index (χ0v) is 18.4. The van der Waals surface area contributed by atoms with Gasteiger partial charge in [-0.2, -0.15) is 0 Å². The molecule has 3 aromatic rings. The first kappa shape index (κ1) is 23.2. The Morgan fingerprint density at radius 3 is 2.12 bits per heavy atom. The van der Waals surface area contributed by atoms with Crippen LogP contribution in [0.5, 0.6) is 0 Å². The first-order valence-electron chi connectivity index (χ1n) is 10.6. The number of ether oxygens (including phenoxy) is 1. The minimum Gasteiger partial charge on any atom is -0.445 e. The normalized spacial score (nSPS) is 14.0. The summed E-state index contributed by atoms with van der Waals surface area (Å²) in [6, 6.07) is 16.7. The zero-order valence-electron chi connectivity index (χ0n) is 18.4. The Kier molecular flexibility index (Phi) is 7.43. The van der Waals surface area contributed by atoms with E-state index in [0.29, 0.717) is 11.1 Å². The van der Waals surface area contributed by atoms with Gasteiger partial charge in [-0.25, -0.2) is 4.79 Å². The molecule has 3 atom stereocenters. The van der Waals surface area contributed by atoms with E-state index in [0.717, 1.165) is 11.1 Å². The van der Waals surface area contributed by atoms with Crippen LogP contribution in [0.2, 0.25) is 0 Å². The number of hydrogen-bond acceptors (Lipinski definition) is 5. The molecule has 0 aliphatic carbocycles. The van der Waals surface area contributed by atoms with E-state index in [1.165, 1.54) is 6.92 Å². The van der Waals surface area contributed by atoms with E-state index in [1.54, 1.807) is 0 Å². The van der Waals surface area contributed by atoms with Gasteiger partial charge in [-0.15, -0.1) is 0 Å². The summed E-state index contributed by atoms with van der Waals surface area (Å²) in [6.07, 6.45) is -1.86. The number of alkyl carbamates (subject to hydrolysis) is 1. The fraction of sp³-hybridized carbons (Fsp3) is 0.320. The van der Waals surface area contributed by atoms with Crippen LogP contribution in [-0.4, -0.2) is 29.2 Å². The number of aliphatic hydroxyl groups excluding tert-OH is 1. The van der Waals surface area contributed by atoms with Crippen LogP contribution >= 0.6 is 0 Å². The highest BCUT2D eigenvalue weighted by molar-refractivity contribution is 5.85. The number of benzene rings is 2. The second-order valence-electron chi connectivity index (χ2n) is 8.13. The van der Waals surface area contributed by atoms with Gasteiger partial charge in [-0.3, -0.25) is 9.59 Å². The molecule has 0 fully saturated rings. The molecule has 0 heterocycles. The molecule has 3 N–H and O–H groups in total. The molecule has 0 aliphatic rings. The van der Waals surface area contributed by atoms with Crippen molar-refractivity contribution in [2.75, 3.05) is 0 Å². The second-order valence-corrected chi connectivity index (χ2v) is 8.13. The maximum Gasteiger partial charge on any atom is 0.408 e. The van der Waals surface area contributed by atoms with E-state index in [1.807, 2.05) is 74.5 Å². The van der Waals surface area contributed by atoms with Gasteiger partial charge in [0.2, 0.25) is 5.91 Å². The highest BCUT2D eigenvalue weighted by Crippen LogP contribution is 2.33. The summed E-state index contributed by atoms with van der Waals surface area (Å²) in [5.74, 6) is -0.626. The van der Waals surface area contributed by atoms with Crippen LogP contribution < -0.4 is 16.1 Å². The van der Waals surface area contributed by atoms with E-state index < -0.39 is 30.2 Å². The van der Waals surface area contributed by atoms with Crippen molar-refractivity contribution < 1.29 is 19.4 Å². The fourth-order valence-electron chi connectivity index (χ4n) is 3.44. The minimum atomic E-state index is -1.14. The van der Waals surface area contributed by atoms with E-state index in [-0.39, 0.29) is 18.0 Å². The van der Waals surface area contributed by atoms with E-state index in [9.17, 15) is 19.5 Å². The molecule has 1 unspecified atom stereocenters. The molecule has 2 amide bonds. The third-order valence-corrected chi connectivity index (χ3v) is 5.34. The standard InChI is InChI=1S/C25H28N2O5/c1-15(2)21(23(29)20-19(22(20)28)18-12-8-5-9-13-18)27-24(30)16(3)26-25(31)32-14-17-10-6-4-7-11-17/h4-13,15-16,21,23,29H,14H2,1-3H3,(H,26,31)(H,27,30)/t16-,21-,23?/m0/s1. The number of rotatable bonds is 9. The third kappa shape index (κ3) is 5.62. The largest absolute Gasteiger partial charge is 0.445 e. The smallest absolute Gasteiger partial charge is 0.408 e. The van der Waals surface area contributed by atoms with Gasteiger partial charge in [-0.1, -0.05) is 74.5 Å². The van der Waals surface area contributed by atoms with Crippen molar-refractivity contribution in [3.63, 3.8) is 0 Å². The van der Waals surface area contributed by atoms with Gasteiger partial charge >= 0.3 is 6.09 Å². The molecule has 3 rings (SSSR count). The SMILES string of the molecule is CC(C)[C@H](NC(=O)[C@H](C)NC(=O)OCc1ccccc1)C(O)c1c(-c2ccccc2)c1=O. The Balaban J connectivity index is 1.57. The second kappa shape index (κ2) is 10.2. The van der Waals surface area contributed by atoms with E-state index >= 15 is 0 Å². The highest BCUT2D eigenvalue weighted by Gasteiger charge is 2.37. The summed E-state index contributed by atoms with van der Waals surface area (Å²) < 4.78 is 5.14. The van der Waals surface area contributed by atoms with Gasteiger partial charge in [-0.05, 0) is 24.0 Å². The molecule has 7 nitrogen and oxygen atoms in total. The minimum absolute atomic E-state index is 0.0902. The quantitative estimate of drug-likeness (QED) is 0.478. The maximum absolute atomic E-state index is 12.7. The van der Waals surface area contributed by atoms with Gasteiger partial charge in [0.25, 0.3) is 0 Å².